The van der Waals surface area contributed by atoms with Crippen LogP contribution in [0.25, 0.3) is 0 Å². The Morgan fingerprint density at radius 2 is 2.21 bits per heavy atom. The van der Waals surface area contributed by atoms with E-state index in [0.717, 1.165) is 21.3 Å². The molecule has 2 atom stereocenters. The second-order valence-corrected chi connectivity index (χ2v) is 10.9. The monoisotopic (exact) mass is 576 g/mol. The summed E-state index contributed by atoms with van der Waals surface area (Å²) >= 11 is 3.73. The molecule has 4 heterocycles. The third-order valence-corrected chi connectivity index (χ3v) is 8.62. The Bertz CT molecular complexity index is 1410. The summed E-state index contributed by atoms with van der Waals surface area (Å²) in [6.45, 7) is 3.17. The first-order chi connectivity index (χ1) is 18.1. The third kappa shape index (κ3) is 5.51. The maximum absolute atomic E-state index is 13.0. The molecule has 198 valence electrons. The molecule has 2 aliphatic heterocycles. The Morgan fingerprint density at radius 3 is 2.84 bits per heavy atom. The van der Waals surface area contributed by atoms with Crippen molar-refractivity contribution in [3.8, 4) is 0 Å². The maximum atomic E-state index is 13.0. The fourth-order valence-corrected chi connectivity index (χ4v) is 6.57. The van der Waals surface area contributed by atoms with Crippen LogP contribution in [0.1, 0.15) is 5.69 Å². The second kappa shape index (κ2) is 11.2. The number of nitrogens with one attached hydrogen (secondary N) is 1. The Hall–Kier alpha value is -3.89. The third-order valence-electron chi connectivity index (χ3n) is 5.39. The molecule has 2 amide bonds. The molecule has 13 nitrogen and oxygen atoms in total. The zero-order valence-corrected chi connectivity index (χ0v) is 22.1. The van der Waals surface area contributed by atoms with Crippen molar-refractivity contribution < 1.29 is 38.8 Å². The van der Waals surface area contributed by atoms with E-state index >= 15 is 0 Å². The Labute approximate surface area is 228 Å². The van der Waals surface area contributed by atoms with E-state index in [4.69, 9.17) is 15.7 Å². The average Bonchev–Trinajstić information content (AvgIpc) is 3.31. The van der Waals surface area contributed by atoms with E-state index < -0.39 is 46.6 Å². The summed E-state index contributed by atoms with van der Waals surface area (Å²) in [7, 11) is 1.87. The molecule has 0 aromatic carbocycles. The van der Waals surface area contributed by atoms with Crippen LogP contribution in [0, 0.1) is 0 Å². The summed E-state index contributed by atoms with van der Waals surface area (Å²) in [4.78, 5) is 58.8. The van der Waals surface area contributed by atoms with Gasteiger partial charge in [0.2, 0.25) is 10.8 Å². The molecule has 0 aliphatic carbocycles. The summed E-state index contributed by atoms with van der Waals surface area (Å²) in [6.07, 6.45) is 1.87. The number of aromatic nitrogens is 2. The molecule has 4 rings (SSSR count). The molecular weight excluding hydrogens is 556 g/mol. The Kier molecular flexibility index (Phi) is 8.03. The lowest BCUT2D eigenvalue weighted by Gasteiger charge is -2.50. The number of thioether (sulfide) groups is 2. The SMILES string of the molecule is C=C(ON=C(C(=O)N[C@@H]1C(=O)N2C(C(=O)[O-])=C(CSc3cccc[n+]3C)CS[C@H]12)c1csc(N)n1)C(=O)O. The standard InChI is InChI=1S/C22H20N6O7S3/c1-10(20(31)32)35-26-14(12-9-38-22(23)24-12)17(29)25-15-18(30)28-16(21(33)34)11(8-37-19(15)28)7-36-13-5-3-4-6-27(13)2/h3-6,9,15,19H,1,7-8H2,2H3,(H4-,23,24,25,29,31,32,33,34)/t15-,19-/m1/s1. The number of hydrogen-bond donors (Lipinski definition) is 3. The predicted octanol–water partition coefficient (Wildman–Crippen LogP) is -0.935. The minimum absolute atomic E-state index is 0.00757. The highest BCUT2D eigenvalue weighted by atomic mass is 32.2. The van der Waals surface area contributed by atoms with Gasteiger partial charge in [0.05, 0.1) is 11.7 Å². The van der Waals surface area contributed by atoms with Crippen LogP contribution in [0.3, 0.4) is 0 Å². The summed E-state index contributed by atoms with van der Waals surface area (Å²) in [5.41, 5.74) is 5.50. The molecule has 0 unspecified atom stereocenters. The number of carboxylic acid groups (broad SMARTS) is 2. The fraction of sp³-hybridized carbons (Fsp3) is 0.227. The molecule has 0 saturated carbocycles. The van der Waals surface area contributed by atoms with Crippen LogP contribution in [0.4, 0.5) is 5.13 Å². The molecule has 4 N–H and O–H groups in total. The molecule has 2 aliphatic rings. The number of pyridine rings is 1. The molecule has 2 aromatic heterocycles. The highest BCUT2D eigenvalue weighted by molar-refractivity contribution is 8.01. The molecule has 1 fully saturated rings. The number of anilines is 1. The zero-order chi connectivity index (χ0) is 27.6. The van der Waals surface area contributed by atoms with Gasteiger partial charge >= 0.3 is 5.97 Å². The zero-order valence-electron chi connectivity index (χ0n) is 19.7. The van der Waals surface area contributed by atoms with E-state index in [1.165, 1.54) is 28.9 Å². The summed E-state index contributed by atoms with van der Waals surface area (Å²) in [5, 5.41) is 28.7. The number of aliphatic carboxylic acids is 2. The number of rotatable bonds is 10. The number of nitrogens with two attached hydrogens (primary N) is 1. The van der Waals surface area contributed by atoms with Gasteiger partial charge in [-0.05, 0) is 18.2 Å². The normalized spacial score (nSPS) is 18.9. The number of carboxylic acids is 2. The number of β-lactam (4-membered cyclic amide) rings is 1. The molecule has 0 radical (unpaired) electrons. The van der Waals surface area contributed by atoms with E-state index in [1.807, 2.05) is 36.0 Å². The van der Waals surface area contributed by atoms with Gasteiger partial charge in [-0.15, -0.1) is 23.1 Å². The minimum atomic E-state index is -1.49. The topological polar surface area (TPSA) is 191 Å². The fourth-order valence-electron chi connectivity index (χ4n) is 3.55. The molecule has 16 heteroatoms. The van der Waals surface area contributed by atoms with E-state index in [1.54, 1.807) is 0 Å². The van der Waals surface area contributed by atoms with Gasteiger partial charge in [0.15, 0.2) is 17.0 Å². The van der Waals surface area contributed by atoms with Crippen molar-refractivity contribution in [1.29, 1.82) is 0 Å². The van der Waals surface area contributed by atoms with Crippen molar-refractivity contribution in [2.24, 2.45) is 12.2 Å². The first-order valence-electron chi connectivity index (χ1n) is 10.7. The number of thiazole rings is 1. The van der Waals surface area contributed by atoms with E-state index in [9.17, 15) is 24.3 Å². The van der Waals surface area contributed by atoms with E-state index in [0.29, 0.717) is 17.1 Å². The lowest BCUT2D eigenvalue weighted by atomic mass is 10.0. The number of nitrogens with zero attached hydrogens (tertiary/aromatic N) is 4. The quantitative estimate of drug-likeness (QED) is 0.0602. The van der Waals surface area contributed by atoms with E-state index in [2.05, 4.69) is 22.0 Å². The molecule has 0 bridgehead atoms. The maximum Gasteiger partial charge on any atom is 0.374 e. The second-order valence-electron chi connectivity index (χ2n) is 7.87. The van der Waals surface area contributed by atoms with Crippen LogP contribution in [-0.2, 0) is 31.1 Å². The van der Waals surface area contributed by atoms with Gasteiger partial charge in [-0.1, -0.05) is 16.9 Å². The van der Waals surface area contributed by atoms with Gasteiger partial charge in [-0.3, -0.25) is 14.5 Å². The lowest BCUT2D eigenvalue weighted by molar-refractivity contribution is -0.708. The Balaban J connectivity index is 1.51. The van der Waals surface area contributed by atoms with Crippen molar-refractivity contribution in [1.82, 2.24) is 15.2 Å². The number of carbonyl (C=O) groups excluding carboxylic acids is 3. The predicted molar refractivity (Wildman–Crippen MR) is 136 cm³/mol. The highest BCUT2D eigenvalue weighted by Gasteiger charge is 2.53. The lowest BCUT2D eigenvalue weighted by Crippen LogP contribution is -2.71. The number of nitrogen functional groups attached to an aromatic ring is 1. The summed E-state index contributed by atoms with van der Waals surface area (Å²) in [6, 6.07) is 4.56. The number of hydrogen-bond acceptors (Lipinski definition) is 12. The van der Waals surface area contributed by atoms with Crippen LogP contribution in [-0.4, -0.2) is 67.4 Å². The van der Waals surface area contributed by atoms with Crippen molar-refractivity contribution in [3.63, 3.8) is 0 Å². The van der Waals surface area contributed by atoms with Gasteiger partial charge in [-0.25, -0.2) is 9.78 Å². The minimum Gasteiger partial charge on any atom is -0.543 e. The van der Waals surface area contributed by atoms with Crippen molar-refractivity contribution in [2.75, 3.05) is 17.2 Å². The molecule has 38 heavy (non-hydrogen) atoms. The van der Waals surface area contributed by atoms with Gasteiger partial charge < -0.3 is 30.9 Å². The van der Waals surface area contributed by atoms with Gasteiger partial charge in [0, 0.05) is 29.0 Å². The van der Waals surface area contributed by atoms with Crippen LogP contribution < -0.4 is 20.7 Å². The Morgan fingerprint density at radius 1 is 1.45 bits per heavy atom. The number of amides is 2. The number of carbonyl (C=O) groups is 4. The van der Waals surface area contributed by atoms with Gasteiger partial charge in [-0.2, -0.15) is 4.57 Å². The molecular formula is C22H20N6O7S3. The summed E-state index contributed by atoms with van der Waals surface area (Å²) in [5.74, 6) is -4.63. The first-order valence-corrected chi connectivity index (χ1v) is 13.6. The molecule has 1 saturated heterocycles. The van der Waals surface area contributed by atoms with Crippen LogP contribution in [0.5, 0.6) is 0 Å². The average molecular weight is 577 g/mol. The van der Waals surface area contributed by atoms with Crippen molar-refractivity contribution in [2.45, 2.75) is 16.4 Å². The highest BCUT2D eigenvalue weighted by Crippen LogP contribution is 2.41. The van der Waals surface area contributed by atoms with Gasteiger partial charge in [0.25, 0.3) is 11.8 Å². The number of aryl methyl sites for hydroxylation is 1. The molecule has 0 spiro atoms. The summed E-state index contributed by atoms with van der Waals surface area (Å²) < 4.78 is 1.90. The van der Waals surface area contributed by atoms with Gasteiger partial charge in [0.1, 0.15) is 24.2 Å². The number of fused-ring (bicyclic) bond motifs is 1. The smallest absolute Gasteiger partial charge is 0.374 e. The number of oxime groups is 1. The molecule has 2 aromatic rings. The van der Waals surface area contributed by atoms with E-state index in [-0.39, 0.29) is 16.5 Å². The van der Waals surface area contributed by atoms with Crippen molar-refractivity contribution >= 4 is 69.5 Å². The van der Waals surface area contributed by atoms with Crippen LogP contribution >= 0.6 is 34.9 Å². The van der Waals surface area contributed by atoms with Crippen molar-refractivity contribution in [3.05, 3.63) is 59.1 Å². The first kappa shape index (κ1) is 27.2. The van der Waals surface area contributed by atoms with Crippen LogP contribution in [0.15, 0.2) is 63.6 Å². The van der Waals surface area contributed by atoms with Crippen LogP contribution in [0.2, 0.25) is 0 Å². The largest absolute Gasteiger partial charge is 0.543 e.